The Balaban J connectivity index is 0.00000338. The molecule has 0 radical (unpaired) electrons. The summed E-state index contributed by atoms with van der Waals surface area (Å²) in [5, 5.41) is 13.0. The van der Waals surface area contributed by atoms with Crippen LogP contribution >= 0.6 is 24.0 Å². The van der Waals surface area contributed by atoms with E-state index in [-0.39, 0.29) is 31.4 Å². The van der Waals surface area contributed by atoms with E-state index in [0.717, 1.165) is 11.1 Å². The number of aliphatic hydroxyl groups is 1. The highest BCUT2D eigenvalue weighted by atomic mass is 35.5. The molecule has 2 N–H and O–H groups in total. The van der Waals surface area contributed by atoms with Crippen molar-refractivity contribution in [2.75, 3.05) is 13.7 Å². The van der Waals surface area contributed by atoms with Gasteiger partial charge in [0.2, 0.25) is 0 Å². The average Bonchev–Trinajstić information content (AvgIpc) is 2.60. The lowest BCUT2D eigenvalue weighted by molar-refractivity contribution is 0.187. The number of methoxy groups -OCH3 is 1. The Bertz CT molecular complexity index is 709. The number of benzene rings is 2. The van der Waals surface area contributed by atoms with Crippen molar-refractivity contribution in [3.63, 3.8) is 0 Å². The zero-order valence-corrected chi connectivity index (χ0v) is 16.6. The molecule has 2 aromatic rings. The zero-order chi connectivity index (χ0) is 18.4. The van der Waals surface area contributed by atoms with Crippen LogP contribution in [0.1, 0.15) is 25.0 Å². The van der Waals surface area contributed by atoms with Crippen LogP contribution in [0.15, 0.2) is 36.4 Å². The Morgan fingerprint density at radius 1 is 1.15 bits per heavy atom. The first-order valence-corrected chi connectivity index (χ1v) is 8.32. The Morgan fingerprint density at radius 3 is 2.38 bits per heavy atom. The summed E-state index contributed by atoms with van der Waals surface area (Å²) >= 11 is 6.35. The molecule has 0 atom stereocenters. The minimum absolute atomic E-state index is 0. The van der Waals surface area contributed by atoms with Crippen molar-refractivity contribution in [3.8, 4) is 11.5 Å². The lowest BCUT2D eigenvalue weighted by Crippen LogP contribution is -2.42. The molecule has 26 heavy (non-hydrogen) atoms. The molecule has 2 aromatic carbocycles. The predicted octanol–water partition coefficient (Wildman–Crippen LogP) is 4.35. The van der Waals surface area contributed by atoms with E-state index in [2.05, 4.69) is 5.32 Å². The maximum Gasteiger partial charge on any atom is 0.180 e. The quantitative estimate of drug-likeness (QED) is 0.687. The molecule has 0 aliphatic carbocycles. The van der Waals surface area contributed by atoms with E-state index < -0.39 is 5.54 Å². The predicted molar refractivity (Wildman–Crippen MR) is 104 cm³/mol. The Morgan fingerprint density at radius 2 is 1.81 bits per heavy atom. The fraction of sp³-hybridized carbons (Fsp3) is 0.368. The van der Waals surface area contributed by atoms with E-state index in [1.165, 1.54) is 12.1 Å². The van der Waals surface area contributed by atoms with Gasteiger partial charge in [-0.3, -0.25) is 0 Å². The number of ether oxygens (including phenoxy) is 2. The van der Waals surface area contributed by atoms with Crippen LogP contribution in [0.25, 0.3) is 0 Å². The first kappa shape index (κ1) is 22.5. The van der Waals surface area contributed by atoms with Crippen molar-refractivity contribution >= 4 is 24.0 Å². The summed E-state index contributed by atoms with van der Waals surface area (Å²) in [4.78, 5) is 0. The van der Waals surface area contributed by atoms with E-state index in [9.17, 15) is 9.50 Å². The van der Waals surface area contributed by atoms with Crippen LogP contribution in [0.2, 0.25) is 5.02 Å². The third-order valence-electron chi connectivity index (χ3n) is 3.75. The fourth-order valence-electron chi connectivity index (χ4n) is 2.15. The molecule has 0 aliphatic rings. The van der Waals surface area contributed by atoms with Gasteiger partial charge in [0, 0.05) is 12.1 Å². The molecule has 2 rings (SSSR count). The van der Waals surface area contributed by atoms with Gasteiger partial charge in [-0.1, -0.05) is 23.7 Å². The van der Waals surface area contributed by atoms with Crippen LogP contribution in [0.5, 0.6) is 11.5 Å². The second-order valence-electron chi connectivity index (χ2n) is 6.42. The van der Waals surface area contributed by atoms with Crippen molar-refractivity contribution < 1.29 is 19.0 Å². The Hall–Kier alpha value is -1.53. The standard InChI is InChI=1S/C19H23ClFNO3.ClH/c1-19(2,12-23)22-10-14-8-16(20)18(17(9-14)24-3)25-11-13-4-6-15(21)7-5-13;/h4-9,22-23H,10-12H2,1-3H3;1H. The molecule has 0 aromatic heterocycles. The highest BCUT2D eigenvalue weighted by Crippen LogP contribution is 2.37. The van der Waals surface area contributed by atoms with E-state index in [4.69, 9.17) is 21.1 Å². The lowest BCUT2D eigenvalue weighted by Gasteiger charge is -2.24. The highest BCUT2D eigenvalue weighted by Gasteiger charge is 2.17. The van der Waals surface area contributed by atoms with Crippen molar-refractivity contribution in [1.82, 2.24) is 5.32 Å². The number of halogens is 3. The summed E-state index contributed by atoms with van der Waals surface area (Å²) in [5.74, 6) is 0.675. The minimum atomic E-state index is -0.391. The molecule has 7 heteroatoms. The summed E-state index contributed by atoms with van der Waals surface area (Å²) in [6.45, 7) is 4.63. The van der Waals surface area contributed by atoms with Gasteiger partial charge in [0.15, 0.2) is 11.5 Å². The largest absolute Gasteiger partial charge is 0.493 e. The normalized spacial score (nSPS) is 11.0. The van der Waals surface area contributed by atoms with Crippen LogP contribution in [0.3, 0.4) is 0 Å². The zero-order valence-electron chi connectivity index (χ0n) is 15.0. The van der Waals surface area contributed by atoms with Gasteiger partial charge in [-0.25, -0.2) is 4.39 Å². The molecule has 0 saturated carbocycles. The summed E-state index contributed by atoms with van der Waals surface area (Å²) in [7, 11) is 1.55. The number of hydrogen-bond acceptors (Lipinski definition) is 4. The molecule has 0 bridgehead atoms. The monoisotopic (exact) mass is 403 g/mol. The summed E-state index contributed by atoms with van der Waals surface area (Å²) in [6.07, 6.45) is 0. The topological polar surface area (TPSA) is 50.7 Å². The molecule has 0 fully saturated rings. The molecular formula is C19H24Cl2FNO3. The molecule has 0 saturated heterocycles. The van der Waals surface area contributed by atoms with Gasteiger partial charge in [-0.2, -0.15) is 0 Å². The van der Waals surface area contributed by atoms with Gasteiger partial charge in [-0.05, 0) is 49.2 Å². The Kier molecular flexibility index (Phi) is 8.63. The van der Waals surface area contributed by atoms with Gasteiger partial charge in [-0.15, -0.1) is 12.4 Å². The van der Waals surface area contributed by atoms with Crippen LogP contribution in [-0.2, 0) is 13.2 Å². The van der Waals surface area contributed by atoms with Crippen molar-refractivity contribution in [1.29, 1.82) is 0 Å². The summed E-state index contributed by atoms with van der Waals surface area (Å²) < 4.78 is 24.1. The van der Waals surface area contributed by atoms with E-state index >= 15 is 0 Å². The van der Waals surface area contributed by atoms with E-state index in [0.29, 0.717) is 23.1 Å². The van der Waals surface area contributed by atoms with Gasteiger partial charge >= 0.3 is 0 Å². The third kappa shape index (κ3) is 6.32. The highest BCUT2D eigenvalue weighted by molar-refractivity contribution is 6.32. The van der Waals surface area contributed by atoms with Crippen LogP contribution < -0.4 is 14.8 Å². The fourth-order valence-corrected chi connectivity index (χ4v) is 2.44. The number of nitrogens with one attached hydrogen (secondary N) is 1. The van der Waals surface area contributed by atoms with Gasteiger partial charge in [0.1, 0.15) is 12.4 Å². The molecule has 0 spiro atoms. The molecular weight excluding hydrogens is 380 g/mol. The third-order valence-corrected chi connectivity index (χ3v) is 4.03. The summed E-state index contributed by atoms with van der Waals surface area (Å²) in [6, 6.07) is 9.72. The number of rotatable bonds is 8. The molecule has 0 aliphatic heterocycles. The van der Waals surface area contributed by atoms with E-state index in [1.54, 1.807) is 25.3 Å². The maximum absolute atomic E-state index is 13.0. The summed E-state index contributed by atoms with van der Waals surface area (Å²) in [5.41, 5.74) is 1.35. The number of aliphatic hydroxyl groups excluding tert-OH is 1. The molecule has 0 unspecified atom stereocenters. The number of hydrogen-bond donors (Lipinski definition) is 2. The van der Waals surface area contributed by atoms with Gasteiger partial charge in [0.25, 0.3) is 0 Å². The Labute approximate surface area is 164 Å². The van der Waals surface area contributed by atoms with Gasteiger partial charge < -0.3 is 19.9 Å². The molecule has 4 nitrogen and oxygen atoms in total. The molecule has 144 valence electrons. The second-order valence-corrected chi connectivity index (χ2v) is 6.83. The first-order chi connectivity index (χ1) is 11.8. The minimum Gasteiger partial charge on any atom is -0.493 e. The lowest BCUT2D eigenvalue weighted by atomic mass is 10.1. The second kappa shape index (κ2) is 9.97. The SMILES string of the molecule is COc1cc(CNC(C)(C)CO)cc(Cl)c1OCc1ccc(F)cc1.Cl. The van der Waals surface area contributed by atoms with Crippen LogP contribution in [0.4, 0.5) is 4.39 Å². The molecule has 0 amide bonds. The van der Waals surface area contributed by atoms with Crippen molar-refractivity contribution in [2.45, 2.75) is 32.5 Å². The van der Waals surface area contributed by atoms with Crippen molar-refractivity contribution in [2.24, 2.45) is 0 Å². The van der Waals surface area contributed by atoms with Gasteiger partial charge in [0.05, 0.1) is 18.7 Å². The smallest absolute Gasteiger partial charge is 0.180 e. The maximum atomic E-state index is 13.0. The van der Waals surface area contributed by atoms with E-state index in [1.807, 2.05) is 19.9 Å². The van der Waals surface area contributed by atoms with Crippen molar-refractivity contribution in [3.05, 3.63) is 58.4 Å². The average molecular weight is 404 g/mol. The van der Waals surface area contributed by atoms with Crippen LogP contribution in [-0.4, -0.2) is 24.4 Å². The molecule has 0 heterocycles. The van der Waals surface area contributed by atoms with Crippen LogP contribution in [0, 0.1) is 5.82 Å². The first-order valence-electron chi connectivity index (χ1n) is 7.94.